The number of carboxylic acids is 1. The van der Waals surface area contributed by atoms with Gasteiger partial charge < -0.3 is 14.7 Å². The van der Waals surface area contributed by atoms with E-state index < -0.39 is 5.97 Å². The van der Waals surface area contributed by atoms with E-state index >= 15 is 0 Å². The first-order chi connectivity index (χ1) is 8.74. The van der Waals surface area contributed by atoms with Crippen LogP contribution in [0.25, 0.3) is 0 Å². The van der Waals surface area contributed by atoms with E-state index in [9.17, 15) is 4.79 Å². The maximum Gasteiger partial charge on any atom is 0.303 e. The molecule has 0 aromatic rings. The van der Waals surface area contributed by atoms with Gasteiger partial charge >= 0.3 is 5.97 Å². The molecule has 0 bridgehead atoms. The summed E-state index contributed by atoms with van der Waals surface area (Å²) >= 11 is 0. The molecule has 5 heteroatoms. The highest BCUT2D eigenvalue weighted by Crippen LogP contribution is 2.20. The number of carboxylic acid groups (broad SMARTS) is 1. The molecule has 5 nitrogen and oxygen atoms in total. The van der Waals surface area contributed by atoms with Gasteiger partial charge in [-0.15, -0.1) is 0 Å². The van der Waals surface area contributed by atoms with Crippen molar-refractivity contribution in [1.29, 1.82) is 0 Å². The van der Waals surface area contributed by atoms with Crippen LogP contribution in [0, 0.1) is 5.92 Å². The topological polar surface area (TPSA) is 53.0 Å². The minimum atomic E-state index is -0.651. The van der Waals surface area contributed by atoms with Gasteiger partial charge in [-0.1, -0.05) is 0 Å². The lowest BCUT2D eigenvalue weighted by Crippen LogP contribution is -2.43. The number of aliphatic carboxylic acids is 1. The number of hydrogen-bond acceptors (Lipinski definition) is 4. The van der Waals surface area contributed by atoms with E-state index in [4.69, 9.17) is 9.84 Å². The third-order valence-corrected chi connectivity index (χ3v) is 4.01. The predicted octanol–water partition coefficient (Wildman–Crippen LogP) is 0.505. The predicted molar refractivity (Wildman–Crippen MR) is 68.7 cm³/mol. The van der Waals surface area contributed by atoms with Crippen LogP contribution < -0.4 is 0 Å². The minimum absolute atomic E-state index is 0.345. The van der Waals surface area contributed by atoms with Gasteiger partial charge in [0, 0.05) is 32.6 Å². The van der Waals surface area contributed by atoms with E-state index in [1.54, 1.807) is 0 Å². The summed E-state index contributed by atoms with van der Waals surface area (Å²) < 4.78 is 5.33. The van der Waals surface area contributed by atoms with Crippen molar-refractivity contribution < 1.29 is 14.6 Å². The van der Waals surface area contributed by atoms with Crippen LogP contribution in [0.3, 0.4) is 0 Å². The Morgan fingerprint density at radius 2 is 1.61 bits per heavy atom. The molecule has 2 aliphatic heterocycles. The average molecular weight is 256 g/mol. The van der Waals surface area contributed by atoms with Crippen molar-refractivity contribution in [2.24, 2.45) is 5.92 Å². The van der Waals surface area contributed by atoms with Crippen LogP contribution in [0.1, 0.15) is 19.3 Å². The van der Waals surface area contributed by atoms with Crippen molar-refractivity contribution in [2.45, 2.75) is 19.3 Å². The molecule has 2 rings (SSSR count). The molecule has 2 fully saturated rings. The van der Waals surface area contributed by atoms with Crippen molar-refractivity contribution in [2.75, 3.05) is 52.5 Å². The molecule has 1 N–H and O–H groups in total. The van der Waals surface area contributed by atoms with Gasteiger partial charge in [0.1, 0.15) is 0 Å². The van der Waals surface area contributed by atoms with E-state index in [0.717, 1.165) is 65.3 Å². The third-order valence-electron chi connectivity index (χ3n) is 4.01. The zero-order chi connectivity index (χ0) is 12.8. The molecule has 2 saturated heterocycles. The summed E-state index contributed by atoms with van der Waals surface area (Å²) in [6, 6.07) is 0. The summed E-state index contributed by atoms with van der Waals surface area (Å²) in [5, 5.41) is 8.77. The highest BCUT2D eigenvalue weighted by Gasteiger charge is 2.21. The zero-order valence-electron chi connectivity index (χ0n) is 11.0. The number of nitrogens with zero attached hydrogens (tertiary/aromatic N) is 2. The second-order valence-corrected chi connectivity index (χ2v) is 5.34. The van der Waals surface area contributed by atoms with Gasteiger partial charge in [-0.25, -0.2) is 0 Å². The second-order valence-electron chi connectivity index (χ2n) is 5.34. The largest absolute Gasteiger partial charge is 0.481 e. The lowest BCUT2D eigenvalue weighted by Gasteiger charge is -2.34. The first-order valence-corrected chi connectivity index (χ1v) is 6.98. The van der Waals surface area contributed by atoms with Crippen LogP contribution in [-0.2, 0) is 9.53 Å². The van der Waals surface area contributed by atoms with E-state index in [1.165, 1.54) is 0 Å². The van der Waals surface area contributed by atoms with Crippen LogP contribution in [-0.4, -0.2) is 73.4 Å². The van der Waals surface area contributed by atoms with Gasteiger partial charge in [0.2, 0.25) is 0 Å². The van der Waals surface area contributed by atoms with Crippen molar-refractivity contribution >= 4 is 5.97 Å². The fraction of sp³-hybridized carbons (Fsp3) is 0.923. The number of rotatable bonds is 5. The Morgan fingerprint density at radius 1 is 1.06 bits per heavy atom. The van der Waals surface area contributed by atoms with Gasteiger partial charge in [0.15, 0.2) is 0 Å². The summed E-state index contributed by atoms with van der Waals surface area (Å²) in [5.74, 6) is -0.260. The molecule has 0 aromatic heterocycles. The molecule has 0 unspecified atom stereocenters. The SMILES string of the molecule is O=C(O)CC1CCN(CCN2CCOCC2)CC1. The Bertz CT molecular complexity index is 259. The molecule has 0 aromatic carbocycles. The lowest BCUT2D eigenvalue weighted by atomic mass is 9.94. The Kier molecular flexibility index (Phi) is 5.41. The second kappa shape index (κ2) is 7.07. The van der Waals surface area contributed by atoms with Crippen LogP contribution >= 0.6 is 0 Å². The van der Waals surface area contributed by atoms with Gasteiger partial charge in [0.25, 0.3) is 0 Å². The average Bonchev–Trinajstić information content (AvgIpc) is 2.38. The Hall–Kier alpha value is -0.650. The molecule has 0 spiro atoms. The van der Waals surface area contributed by atoms with Crippen molar-refractivity contribution in [3.8, 4) is 0 Å². The molecule has 2 heterocycles. The molecule has 18 heavy (non-hydrogen) atoms. The molecule has 0 amide bonds. The van der Waals surface area contributed by atoms with Gasteiger partial charge in [0.05, 0.1) is 13.2 Å². The molecular formula is C13H24N2O3. The highest BCUT2D eigenvalue weighted by molar-refractivity contribution is 5.67. The first kappa shape index (κ1) is 13.8. The highest BCUT2D eigenvalue weighted by atomic mass is 16.5. The van der Waals surface area contributed by atoms with E-state index in [1.807, 2.05) is 0 Å². The van der Waals surface area contributed by atoms with Crippen molar-refractivity contribution in [3.05, 3.63) is 0 Å². The van der Waals surface area contributed by atoms with Crippen LogP contribution in [0.5, 0.6) is 0 Å². The number of carbonyl (C=O) groups is 1. The standard InChI is InChI=1S/C13H24N2O3/c16-13(17)11-12-1-3-14(4-2-12)5-6-15-7-9-18-10-8-15/h12H,1-11H2,(H,16,17). The number of likely N-dealkylation sites (tertiary alicyclic amines) is 1. The number of ether oxygens (including phenoxy) is 1. The molecule has 0 aliphatic carbocycles. The number of morpholine rings is 1. The number of piperidine rings is 1. The summed E-state index contributed by atoms with van der Waals surface area (Å²) in [4.78, 5) is 15.6. The summed E-state index contributed by atoms with van der Waals surface area (Å²) in [6.07, 6.45) is 2.42. The van der Waals surface area contributed by atoms with Crippen LogP contribution in [0.2, 0.25) is 0 Å². The smallest absolute Gasteiger partial charge is 0.303 e. The van der Waals surface area contributed by atoms with Gasteiger partial charge in [-0.05, 0) is 31.8 Å². The van der Waals surface area contributed by atoms with E-state index in [0.29, 0.717) is 12.3 Å². The third kappa shape index (κ3) is 4.55. The van der Waals surface area contributed by atoms with Crippen LogP contribution in [0.15, 0.2) is 0 Å². The van der Waals surface area contributed by atoms with Gasteiger partial charge in [-0.3, -0.25) is 9.69 Å². The minimum Gasteiger partial charge on any atom is -0.481 e. The van der Waals surface area contributed by atoms with E-state index in [2.05, 4.69) is 9.80 Å². The van der Waals surface area contributed by atoms with Crippen molar-refractivity contribution in [3.63, 3.8) is 0 Å². The summed E-state index contributed by atoms with van der Waals surface area (Å²) in [6.45, 7) is 8.17. The molecule has 104 valence electrons. The molecule has 2 aliphatic rings. The Morgan fingerprint density at radius 3 is 2.17 bits per heavy atom. The molecule has 0 radical (unpaired) electrons. The summed E-state index contributed by atoms with van der Waals surface area (Å²) in [7, 11) is 0. The lowest BCUT2D eigenvalue weighted by molar-refractivity contribution is -0.138. The summed E-state index contributed by atoms with van der Waals surface area (Å²) in [5.41, 5.74) is 0. The first-order valence-electron chi connectivity index (χ1n) is 6.98. The van der Waals surface area contributed by atoms with Crippen molar-refractivity contribution in [1.82, 2.24) is 9.80 Å². The van der Waals surface area contributed by atoms with Crippen LogP contribution in [0.4, 0.5) is 0 Å². The zero-order valence-corrected chi connectivity index (χ0v) is 11.0. The Balaban J connectivity index is 1.59. The number of hydrogen-bond donors (Lipinski definition) is 1. The Labute approximate surface area is 109 Å². The fourth-order valence-electron chi connectivity index (χ4n) is 2.77. The maximum atomic E-state index is 10.6. The maximum absolute atomic E-state index is 10.6. The quantitative estimate of drug-likeness (QED) is 0.776. The molecular weight excluding hydrogens is 232 g/mol. The van der Waals surface area contributed by atoms with E-state index in [-0.39, 0.29) is 0 Å². The fourth-order valence-corrected chi connectivity index (χ4v) is 2.77. The molecule has 0 atom stereocenters. The normalized spacial score (nSPS) is 24.2. The molecule has 0 saturated carbocycles. The van der Waals surface area contributed by atoms with Gasteiger partial charge in [-0.2, -0.15) is 0 Å². The monoisotopic (exact) mass is 256 g/mol.